The molecule has 0 saturated heterocycles. The molecule has 2 atom stereocenters. The molecular formula is C21H25Br. The fourth-order valence-electron chi connectivity index (χ4n) is 4.12. The summed E-state index contributed by atoms with van der Waals surface area (Å²) in [6.07, 6.45) is 4.80. The monoisotopic (exact) mass is 356 g/mol. The summed E-state index contributed by atoms with van der Waals surface area (Å²) in [5.41, 5.74) is 10.7. The minimum atomic E-state index is 0.584. The first kappa shape index (κ1) is 15.8. The molecule has 0 N–H and O–H groups in total. The normalized spacial score (nSPS) is 24.2. The molecule has 1 heteroatoms. The topological polar surface area (TPSA) is 0 Å². The van der Waals surface area contributed by atoms with Crippen molar-refractivity contribution in [1.29, 1.82) is 0 Å². The van der Waals surface area contributed by atoms with Crippen molar-refractivity contribution in [3.8, 4) is 0 Å². The molecule has 0 aliphatic heterocycles. The van der Waals surface area contributed by atoms with Crippen LogP contribution in [0.15, 0.2) is 50.5 Å². The summed E-state index contributed by atoms with van der Waals surface area (Å²) in [4.78, 5) is 0. The Kier molecular flexibility index (Phi) is 4.20. The van der Waals surface area contributed by atoms with Crippen molar-refractivity contribution >= 4 is 22.0 Å². The standard InChI is InChI=1S/C21H25Br/c1-12-11-20-19(7-6-8-21(20)22)17(12)9-10-18-15(4)13(2)14(3)16(18)5/h6-8,11,15,17H,9-10H2,1-5H3. The summed E-state index contributed by atoms with van der Waals surface area (Å²) in [6, 6.07) is 6.61. The maximum atomic E-state index is 3.69. The number of hydrogen-bond acceptors (Lipinski definition) is 0. The van der Waals surface area contributed by atoms with Gasteiger partial charge in [0.1, 0.15) is 0 Å². The van der Waals surface area contributed by atoms with E-state index in [1.54, 1.807) is 16.7 Å². The molecule has 0 spiro atoms. The van der Waals surface area contributed by atoms with Gasteiger partial charge in [0.25, 0.3) is 0 Å². The second-order valence-electron chi connectivity index (χ2n) is 6.90. The molecule has 0 bridgehead atoms. The Balaban J connectivity index is 1.80. The van der Waals surface area contributed by atoms with E-state index in [4.69, 9.17) is 0 Å². The minimum absolute atomic E-state index is 0.584. The lowest BCUT2D eigenvalue weighted by molar-refractivity contribution is 0.659. The predicted molar refractivity (Wildman–Crippen MR) is 100 cm³/mol. The number of allylic oxidation sites excluding steroid dienone is 5. The summed E-state index contributed by atoms with van der Waals surface area (Å²) >= 11 is 3.69. The summed E-state index contributed by atoms with van der Waals surface area (Å²) in [5.74, 6) is 1.22. The Morgan fingerprint density at radius 2 is 1.77 bits per heavy atom. The van der Waals surface area contributed by atoms with Crippen LogP contribution >= 0.6 is 15.9 Å². The second-order valence-corrected chi connectivity index (χ2v) is 7.76. The van der Waals surface area contributed by atoms with E-state index in [1.807, 2.05) is 0 Å². The van der Waals surface area contributed by atoms with Crippen LogP contribution in [0.1, 0.15) is 64.5 Å². The Morgan fingerprint density at radius 3 is 2.41 bits per heavy atom. The average molecular weight is 357 g/mol. The van der Waals surface area contributed by atoms with Crippen molar-refractivity contribution in [2.75, 3.05) is 0 Å². The number of rotatable bonds is 3. The van der Waals surface area contributed by atoms with Crippen molar-refractivity contribution in [2.24, 2.45) is 5.92 Å². The van der Waals surface area contributed by atoms with E-state index in [2.05, 4.69) is 74.8 Å². The number of benzene rings is 1. The molecular weight excluding hydrogens is 332 g/mol. The molecule has 0 fully saturated rings. The van der Waals surface area contributed by atoms with Crippen molar-refractivity contribution < 1.29 is 0 Å². The third-order valence-corrected chi connectivity index (χ3v) is 6.59. The Labute approximate surface area is 143 Å². The molecule has 0 nitrogen and oxygen atoms in total. The maximum absolute atomic E-state index is 3.69. The predicted octanol–water partition coefficient (Wildman–Crippen LogP) is 7.03. The molecule has 1 aromatic carbocycles. The fourth-order valence-corrected chi connectivity index (χ4v) is 4.61. The van der Waals surface area contributed by atoms with E-state index in [0.29, 0.717) is 11.8 Å². The zero-order valence-electron chi connectivity index (χ0n) is 14.3. The van der Waals surface area contributed by atoms with E-state index < -0.39 is 0 Å². The first-order valence-electron chi connectivity index (χ1n) is 8.25. The van der Waals surface area contributed by atoms with Gasteiger partial charge in [0.05, 0.1) is 0 Å². The van der Waals surface area contributed by atoms with Crippen LogP contribution in [0.3, 0.4) is 0 Å². The van der Waals surface area contributed by atoms with Gasteiger partial charge in [0.2, 0.25) is 0 Å². The van der Waals surface area contributed by atoms with Gasteiger partial charge in [-0.1, -0.05) is 57.8 Å². The van der Waals surface area contributed by atoms with Crippen LogP contribution in [-0.4, -0.2) is 0 Å². The van der Waals surface area contributed by atoms with E-state index >= 15 is 0 Å². The van der Waals surface area contributed by atoms with E-state index in [9.17, 15) is 0 Å². The minimum Gasteiger partial charge on any atom is -0.0651 e. The molecule has 2 aliphatic rings. The van der Waals surface area contributed by atoms with Gasteiger partial charge in [-0.2, -0.15) is 0 Å². The SMILES string of the molecule is CC1=Cc2c(Br)cccc2C1CCC1=C(C)C(C)=C(C)C1C. The van der Waals surface area contributed by atoms with Gasteiger partial charge >= 0.3 is 0 Å². The molecule has 2 aliphatic carbocycles. The van der Waals surface area contributed by atoms with Crippen LogP contribution in [0.5, 0.6) is 0 Å². The van der Waals surface area contributed by atoms with Crippen molar-refractivity contribution in [1.82, 2.24) is 0 Å². The largest absolute Gasteiger partial charge is 0.0651 e. The highest BCUT2D eigenvalue weighted by Crippen LogP contribution is 2.45. The molecule has 0 aromatic heterocycles. The lowest BCUT2D eigenvalue weighted by atomic mass is 9.86. The van der Waals surface area contributed by atoms with Crippen LogP contribution in [-0.2, 0) is 0 Å². The second kappa shape index (κ2) is 5.85. The first-order valence-corrected chi connectivity index (χ1v) is 9.05. The number of halogens is 1. The van der Waals surface area contributed by atoms with Crippen LogP contribution in [0.4, 0.5) is 0 Å². The highest BCUT2D eigenvalue weighted by Gasteiger charge is 2.27. The van der Waals surface area contributed by atoms with Gasteiger partial charge < -0.3 is 0 Å². The Bertz CT molecular complexity index is 715. The number of fused-ring (bicyclic) bond motifs is 1. The van der Waals surface area contributed by atoms with Crippen molar-refractivity contribution in [3.63, 3.8) is 0 Å². The summed E-state index contributed by atoms with van der Waals surface area (Å²) in [7, 11) is 0. The molecule has 2 unspecified atom stereocenters. The Morgan fingerprint density at radius 1 is 1.05 bits per heavy atom. The highest BCUT2D eigenvalue weighted by atomic mass is 79.9. The van der Waals surface area contributed by atoms with Crippen molar-refractivity contribution in [3.05, 3.63) is 61.7 Å². The molecule has 22 heavy (non-hydrogen) atoms. The third-order valence-electron chi connectivity index (χ3n) is 5.89. The van der Waals surface area contributed by atoms with Crippen LogP contribution in [0, 0.1) is 5.92 Å². The van der Waals surface area contributed by atoms with E-state index in [-0.39, 0.29) is 0 Å². The molecule has 0 radical (unpaired) electrons. The van der Waals surface area contributed by atoms with Gasteiger partial charge in [-0.3, -0.25) is 0 Å². The van der Waals surface area contributed by atoms with Crippen LogP contribution in [0.25, 0.3) is 6.08 Å². The maximum Gasteiger partial charge on any atom is 0.0250 e. The lowest BCUT2D eigenvalue weighted by Gasteiger charge is -2.18. The lowest BCUT2D eigenvalue weighted by Crippen LogP contribution is -2.02. The summed E-state index contributed by atoms with van der Waals surface area (Å²) in [6.45, 7) is 11.5. The molecule has 1 aromatic rings. The molecule has 0 saturated carbocycles. The van der Waals surface area contributed by atoms with Gasteiger partial charge in [-0.05, 0) is 74.8 Å². The molecule has 116 valence electrons. The number of hydrogen-bond donors (Lipinski definition) is 0. The van der Waals surface area contributed by atoms with Gasteiger partial charge in [-0.25, -0.2) is 0 Å². The van der Waals surface area contributed by atoms with Gasteiger partial charge in [0, 0.05) is 10.4 Å². The summed E-state index contributed by atoms with van der Waals surface area (Å²) in [5, 5.41) is 0. The molecule has 3 rings (SSSR count). The average Bonchev–Trinajstić information content (AvgIpc) is 2.90. The van der Waals surface area contributed by atoms with Crippen LogP contribution in [0.2, 0.25) is 0 Å². The van der Waals surface area contributed by atoms with Gasteiger partial charge in [0.15, 0.2) is 0 Å². The van der Waals surface area contributed by atoms with E-state index in [0.717, 1.165) is 0 Å². The smallest absolute Gasteiger partial charge is 0.0250 e. The fraction of sp³-hybridized carbons (Fsp3) is 0.429. The Hall–Kier alpha value is -1.08. The van der Waals surface area contributed by atoms with Gasteiger partial charge in [-0.15, -0.1) is 0 Å². The third kappa shape index (κ3) is 2.44. The first-order chi connectivity index (χ1) is 10.4. The quantitative estimate of drug-likeness (QED) is 0.545. The van der Waals surface area contributed by atoms with E-state index in [1.165, 1.54) is 39.6 Å². The van der Waals surface area contributed by atoms with Crippen LogP contribution < -0.4 is 0 Å². The zero-order chi connectivity index (χ0) is 16.0. The molecule has 0 amide bonds. The zero-order valence-corrected chi connectivity index (χ0v) is 15.8. The summed E-state index contributed by atoms with van der Waals surface area (Å²) < 4.78 is 1.23. The van der Waals surface area contributed by atoms with Crippen molar-refractivity contribution in [2.45, 2.75) is 53.4 Å². The highest BCUT2D eigenvalue weighted by molar-refractivity contribution is 9.10. The molecule has 0 heterocycles.